The molecule has 0 unspecified atom stereocenters. The van der Waals surface area contributed by atoms with E-state index < -0.39 is 10.0 Å². The fourth-order valence-electron chi connectivity index (χ4n) is 4.18. The summed E-state index contributed by atoms with van der Waals surface area (Å²) in [6, 6.07) is 12.1. The summed E-state index contributed by atoms with van der Waals surface area (Å²) in [6.45, 7) is 4.21. The van der Waals surface area contributed by atoms with Crippen LogP contribution in [0.15, 0.2) is 47.4 Å². The monoisotopic (exact) mass is 490 g/mol. The Morgan fingerprint density at radius 2 is 1.79 bits per heavy atom. The molecule has 0 aliphatic carbocycles. The van der Waals surface area contributed by atoms with Gasteiger partial charge >= 0.3 is 0 Å². The van der Waals surface area contributed by atoms with Gasteiger partial charge in [-0.1, -0.05) is 6.07 Å². The van der Waals surface area contributed by atoms with Crippen molar-refractivity contribution < 1.29 is 32.2 Å². The van der Waals surface area contributed by atoms with Gasteiger partial charge in [0.25, 0.3) is 0 Å². The van der Waals surface area contributed by atoms with Crippen LogP contribution in [0.5, 0.6) is 17.2 Å². The molecule has 10 heteroatoms. The topological polar surface area (TPSA) is 112 Å². The minimum atomic E-state index is -3.71. The lowest BCUT2D eigenvalue weighted by atomic mass is 9.74. The summed E-state index contributed by atoms with van der Waals surface area (Å²) in [5.41, 5.74) is 0.785. The molecule has 1 fully saturated rings. The minimum absolute atomic E-state index is 0.00150. The number of amides is 1. The second-order valence-corrected chi connectivity index (χ2v) is 10.1. The molecule has 2 aliphatic rings. The van der Waals surface area contributed by atoms with Crippen LogP contribution in [0.2, 0.25) is 0 Å². The van der Waals surface area contributed by atoms with Crippen molar-refractivity contribution in [3.8, 4) is 17.2 Å². The maximum absolute atomic E-state index is 12.5. The maximum atomic E-state index is 12.5. The molecule has 2 N–H and O–H groups in total. The fraction of sp³-hybridized carbons (Fsp3) is 0.458. The van der Waals surface area contributed by atoms with E-state index in [1.807, 2.05) is 25.1 Å². The SMILES string of the molecule is CCOc1ccc(S(=O)(=O)NCCC(=O)NCC2(c3ccc4c(c3)OCO4)CCOCC2)cc1. The van der Waals surface area contributed by atoms with Crippen LogP contribution in [0.4, 0.5) is 0 Å². The molecule has 0 aromatic heterocycles. The molecule has 2 aliphatic heterocycles. The first kappa shape index (κ1) is 24.3. The van der Waals surface area contributed by atoms with Gasteiger partial charge in [0.2, 0.25) is 22.7 Å². The molecule has 184 valence electrons. The standard InChI is InChI=1S/C24H30N2O7S/c1-2-31-19-4-6-20(7-5-19)34(28,29)26-12-9-23(27)25-16-24(10-13-30-14-11-24)18-3-8-21-22(15-18)33-17-32-21/h3-8,15,26H,2,9-14,16-17H2,1H3,(H,25,27). The largest absolute Gasteiger partial charge is 0.494 e. The summed E-state index contributed by atoms with van der Waals surface area (Å²) in [4.78, 5) is 12.7. The van der Waals surface area contributed by atoms with E-state index in [-0.39, 0.29) is 36.0 Å². The molecule has 2 heterocycles. The molecule has 34 heavy (non-hydrogen) atoms. The second kappa shape index (κ2) is 10.6. The molecule has 4 rings (SSSR count). The molecule has 1 amide bonds. The lowest BCUT2D eigenvalue weighted by Crippen LogP contribution is -2.45. The average molecular weight is 491 g/mol. The van der Waals surface area contributed by atoms with Crippen LogP contribution in [-0.4, -0.2) is 54.0 Å². The predicted octanol–water partition coefficient (Wildman–Crippen LogP) is 2.35. The second-order valence-electron chi connectivity index (χ2n) is 8.29. The fourth-order valence-corrected chi connectivity index (χ4v) is 5.21. The third-order valence-electron chi connectivity index (χ3n) is 6.15. The van der Waals surface area contributed by atoms with Gasteiger partial charge < -0.3 is 24.3 Å². The Labute approximate surface area is 199 Å². The van der Waals surface area contributed by atoms with E-state index in [1.54, 1.807) is 12.1 Å². The smallest absolute Gasteiger partial charge is 0.240 e. The third-order valence-corrected chi connectivity index (χ3v) is 7.62. The van der Waals surface area contributed by atoms with Gasteiger partial charge in [-0.25, -0.2) is 13.1 Å². The Morgan fingerprint density at radius 3 is 2.53 bits per heavy atom. The first-order valence-corrected chi connectivity index (χ1v) is 12.9. The van der Waals surface area contributed by atoms with Gasteiger partial charge in [-0.2, -0.15) is 0 Å². The number of sulfonamides is 1. The van der Waals surface area contributed by atoms with Crippen molar-refractivity contribution in [3.63, 3.8) is 0 Å². The molecule has 0 atom stereocenters. The van der Waals surface area contributed by atoms with Gasteiger partial charge in [0.1, 0.15) is 5.75 Å². The molecule has 0 saturated carbocycles. The number of benzene rings is 2. The molecule has 0 bridgehead atoms. The highest BCUT2D eigenvalue weighted by atomic mass is 32.2. The van der Waals surface area contributed by atoms with E-state index >= 15 is 0 Å². The van der Waals surface area contributed by atoms with Gasteiger partial charge in [0.05, 0.1) is 11.5 Å². The highest BCUT2D eigenvalue weighted by Crippen LogP contribution is 2.40. The van der Waals surface area contributed by atoms with Crippen molar-refractivity contribution in [1.29, 1.82) is 0 Å². The Balaban J connectivity index is 1.32. The third kappa shape index (κ3) is 5.63. The van der Waals surface area contributed by atoms with Crippen LogP contribution < -0.4 is 24.2 Å². The number of carbonyl (C=O) groups is 1. The van der Waals surface area contributed by atoms with Crippen LogP contribution in [0.25, 0.3) is 0 Å². The predicted molar refractivity (Wildman–Crippen MR) is 125 cm³/mol. The number of hydrogen-bond donors (Lipinski definition) is 2. The van der Waals surface area contributed by atoms with Crippen molar-refractivity contribution in [2.45, 2.75) is 36.5 Å². The quantitative estimate of drug-likeness (QED) is 0.526. The van der Waals surface area contributed by atoms with E-state index in [4.69, 9.17) is 18.9 Å². The van der Waals surface area contributed by atoms with Crippen molar-refractivity contribution in [1.82, 2.24) is 10.0 Å². The number of fused-ring (bicyclic) bond motifs is 1. The highest BCUT2D eigenvalue weighted by molar-refractivity contribution is 7.89. The van der Waals surface area contributed by atoms with E-state index in [9.17, 15) is 13.2 Å². The Hall–Kier alpha value is -2.82. The van der Waals surface area contributed by atoms with Crippen LogP contribution in [-0.2, 0) is 25.0 Å². The van der Waals surface area contributed by atoms with E-state index in [2.05, 4.69) is 10.0 Å². The molecule has 9 nitrogen and oxygen atoms in total. The number of rotatable bonds is 10. The Morgan fingerprint density at radius 1 is 1.06 bits per heavy atom. The van der Waals surface area contributed by atoms with Crippen LogP contribution in [0.3, 0.4) is 0 Å². The minimum Gasteiger partial charge on any atom is -0.494 e. The van der Waals surface area contributed by atoms with Crippen LogP contribution >= 0.6 is 0 Å². The zero-order chi connectivity index (χ0) is 24.0. The summed E-state index contributed by atoms with van der Waals surface area (Å²) in [5.74, 6) is 1.81. The molecule has 2 aromatic carbocycles. The summed E-state index contributed by atoms with van der Waals surface area (Å²) in [5, 5.41) is 2.99. The van der Waals surface area contributed by atoms with E-state index in [1.165, 1.54) is 12.1 Å². The molecule has 0 radical (unpaired) electrons. The highest BCUT2D eigenvalue weighted by Gasteiger charge is 2.36. The summed E-state index contributed by atoms with van der Waals surface area (Å²) in [7, 11) is -3.71. The lowest BCUT2D eigenvalue weighted by molar-refractivity contribution is -0.121. The summed E-state index contributed by atoms with van der Waals surface area (Å²) >= 11 is 0. The normalized spacial score (nSPS) is 16.7. The van der Waals surface area contributed by atoms with Crippen LogP contribution in [0, 0.1) is 0 Å². The van der Waals surface area contributed by atoms with Crippen molar-refractivity contribution >= 4 is 15.9 Å². The number of nitrogens with one attached hydrogen (secondary N) is 2. The Bertz CT molecular complexity index is 1100. The van der Waals surface area contributed by atoms with Crippen molar-refractivity contribution in [3.05, 3.63) is 48.0 Å². The van der Waals surface area contributed by atoms with Crippen molar-refractivity contribution in [2.24, 2.45) is 0 Å². The van der Waals surface area contributed by atoms with Gasteiger partial charge in [0.15, 0.2) is 11.5 Å². The molecule has 1 saturated heterocycles. The first-order chi connectivity index (χ1) is 16.4. The van der Waals surface area contributed by atoms with Crippen molar-refractivity contribution in [2.75, 3.05) is 39.7 Å². The van der Waals surface area contributed by atoms with Gasteiger partial charge in [-0.3, -0.25) is 4.79 Å². The average Bonchev–Trinajstić information content (AvgIpc) is 3.32. The van der Waals surface area contributed by atoms with Gasteiger partial charge in [-0.05, 0) is 61.7 Å². The summed E-state index contributed by atoms with van der Waals surface area (Å²) < 4.78 is 49.3. The molecular weight excluding hydrogens is 460 g/mol. The number of hydrogen-bond acceptors (Lipinski definition) is 7. The Kier molecular flexibility index (Phi) is 7.60. The maximum Gasteiger partial charge on any atom is 0.240 e. The van der Waals surface area contributed by atoms with Gasteiger partial charge in [0, 0.05) is 38.1 Å². The number of ether oxygens (including phenoxy) is 4. The van der Waals surface area contributed by atoms with E-state index in [0.717, 1.165) is 24.2 Å². The molecule has 2 aromatic rings. The summed E-state index contributed by atoms with van der Waals surface area (Å²) in [6.07, 6.45) is 1.55. The zero-order valence-electron chi connectivity index (χ0n) is 19.2. The zero-order valence-corrected chi connectivity index (χ0v) is 20.0. The van der Waals surface area contributed by atoms with Crippen LogP contribution in [0.1, 0.15) is 31.7 Å². The van der Waals surface area contributed by atoms with Gasteiger partial charge in [-0.15, -0.1) is 0 Å². The lowest BCUT2D eigenvalue weighted by Gasteiger charge is -2.38. The van der Waals surface area contributed by atoms with E-state index in [0.29, 0.717) is 37.9 Å². The molecular formula is C24H30N2O7S. The number of carbonyl (C=O) groups excluding carboxylic acids is 1. The molecule has 0 spiro atoms. The first-order valence-electron chi connectivity index (χ1n) is 11.4.